The predicted molar refractivity (Wildman–Crippen MR) is 64.4 cm³/mol. The molecule has 1 aromatic carbocycles. The lowest BCUT2D eigenvalue weighted by Gasteiger charge is -2.07. The van der Waals surface area contributed by atoms with E-state index in [-0.39, 0.29) is 11.6 Å². The lowest BCUT2D eigenvalue weighted by Crippen LogP contribution is -2.00. The van der Waals surface area contributed by atoms with E-state index >= 15 is 0 Å². The van der Waals surface area contributed by atoms with Crippen LogP contribution in [-0.2, 0) is 22.4 Å². The summed E-state index contributed by atoms with van der Waals surface area (Å²) in [7, 11) is 0. The van der Waals surface area contributed by atoms with Crippen LogP contribution < -0.4 is 0 Å². The van der Waals surface area contributed by atoms with E-state index in [1.807, 2.05) is 24.3 Å². The fraction of sp³-hybridized carbons (Fsp3) is 0.429. The van der Waals surface area contributed by atoms with Crippen molar-refractivity contribution >= 4 is 11.6 Å². The molecule has 0 spiro atoms. The van der Waals surface area contributed by atoms with Gasteiger partial charge in [-0.1, -0.05) is 24.3 Å². The second-order valence-electron chi connectivity index (χ2n) is 4.17. The van der Waals surface area contributed by atoms with Crippen LogP contribution in [0.1, 0.15) is 37.8 Å². The molecule has 0 aliphatic carbocycles. The first-order chi connectivity index (χ1) is 7.59. The molecule has 0 unspecified atom stereocenters. The van der Waals surface area contributed by atoms with Gasteiger partial charge in [-0.3, -0.25) is 0 Å². The molecule has 1 rings (SSSR count). The molecule has 0 bridgehead atoms. The van der Waals surface area contributed by atoms with Crippen LogP contribution in [0.3, 0.4) is 0 Å². The fourth-order valence-corrected chi connectivity index (χ4v) is 1.67. The second kappa shape index (κ2) is 6.21. The molecule has 0 radical (unpaired) electrons. The van der Waals surface area contributed by atoms with Gasteiger partial charge in [0.25, 0.3) is 0 Å². The van der Waals surface area contributed by atoms with Crippen molar-refractivity contribution in [2.45, 2.75) is 39.5 Å². The average molecular weight is 218 g/mol. The Kier molecular flexibility index (Phi) is 4.90. The molecule has 0 saturated heterocycles. The van der Waals surface area contributed by atoms with Crippen LogP contribution in [0, 0.1) is 0 Å². The van der Waals surface area contributed by atoms with Crippen molar-refractivity contribution in [1.29, 1.82) is 0 Å². The molecule has 0 fully saturated rings. The van der Waals surface area contributed by atoms with Crippen LogP contribution in [0.5, 0.6) is 0 Å². The highest BCUT2D eigenvalue weighted by molar-refractivity contribution is 5.76. The van der Waals surface area contributed by atoms with E-state index < -0.39 is 0 Å². The molecule has 0 amide bonds. The Bertz CT molecular complexity index is 343. The predicted octanol–water partition coefficient (Wildman–Crippen LogP) is 2.73. The summed E-state index contributed by atoms with van der Waals surface area (Å²) < 4.78 is 0. The van der Waals surface area contributed by atoms with Gasteiger partial charge in [0.15, 0.2) is 0 Å². The van der Waals surface area contributed by atoms with Crippen LogP contribution in [0.15, 0.2) is 24.3 Å². The number of carbonyl (C=O) groups is 2. The van der Waals surface area contributed by atoms with Gasteiger partial charge in [-0.15, -0.1) is 0 Å². The van der Waals surface area contributed by atoms with Crippen molar-refractivity contribution in [3.8, 4) is 0 Å². The number of rotatable bonds is 6. The first-order valence-corrected chi connectivity index (χ1v) is 5.65. The second-order valence-corrected chi connectivity index (χ2v) is 4.17. The first-order valence-electron chi connectivity index (χ1n) is 5.65. The average Bonchev–Trinajstić information content (AvgIpc) is 2.24. The summed E-state index contributed by atoms with van der Waals surface area (Å²) in [4.78, 5) is 21.9. The number of hydrogen-bond donors (Lipinski definition) is 0. The molecular formula is C14H18O2. The summed E-state index contributed by atoms with van der Waals surface area (Å²) in [6.07, 6.45) is 2.72. The van der Waals surface area contributed by atoms with Crippen molar-refractivity contribution in [3.05, 3.63) is 35.4 Å². The lowest BCUT2D eigenvalue weighted by atomic mass is 9.98. The summed E-state index contributed by atoms with van der Waals surface area (Å²) in [6.45, 7) is 3.22. The number of ketones is 2. The normalized spacial score (nSPS) is 10.1. The number of carbonyl (C=O) groups excluding carboxylic acids is 2. The molecule has 16 heavy (non-hydrogen) atoms. The molecule has 0 aromatic heterocycles. The van der Waals surface area contributed by atoms with E-state index in [1.165, 1.54) is 11.1 Å². The van der Waals surface area contributed by atoms with Crippen molar-refractivity contribution in [3.63, 3.8) is 0 Å². The largest absolute Gasteiger partial charge is 0.300 e. The van der Waals surface area contributed by atoms with Gasteiger partial charge in [0, 0.05) is 12.8 Å². The summed E-state index contributed by atoms with van der Waals surface area (Å²) in [6, 6.07) is 8.04. The van der Waals surface area contributed by atoms with Crippen LogP contribution in [-0.4, -0.2) is 11.6 Å². The number of aryl methyl sites for hydroxylation is 2. The zero-order chi connectivity index (χ0) is 12.0. The van der Waals surface area contributed by atoms with Crippen LogP contribution in [0.25, 0.3) is 0 Å². The summed E-state index contributed by atoms with van der Waals surface area (Å²) >= 11 is 0. The minimum atomic E-state index is 0.210. The smallest absolute Gasteiger partial charge is 0.130 e. The van der Waals surface area contributed by atoms with Gasteiger partial charge in [0.1, 0.15) is 11.6 Å². The molecule has 0 atom stereocenters. The molecule has 2 heteroatoms. The van der Waals surface area contributed by atoms with Gasteiger partial charge in [-0.2, -0.15) is 0 Å². The lowest BCUT2D eigenvalue weighted by molar-refractivity contribution is -0.117. The third-order valence-electron chi connectivity index (χ3n) is 2.61. The molecule has 0 heterocycles. The van der Waals surface area contributed by atoms with Gasteiger partial charge in [0.2, 0.25) is 0 Å². The van der Waals surface area contributed by atoms with Crippen LogP contribution in [0.4, 0.5) is 0 Å². The van der Waals surface area contributed by atoms with Crippen molar-refractivity contribution < 1.29 is 9.59 Å². The Hall–Kier alpha value is -1.44. The van der Waals surface area contributed by atoms with Gasteiger partial charge in [-0.25, -0.2) is 0 Å². The highest BCUT2D eigenvalue weighted by atomic mass is 16.1. The van der Waals surface area contributed by atoms with Crippen LogP contribution in [0.2, 0.25) is 0 Å². The molecule has 1 aromatic rings. The Morgan fingerprint density at radius 3 is 1.56 bits per heavy atom. The van der Waals surface area contributed by atoms with Crippen LogP contribution >= 0.6 is 0 Å². The Morgan fingerprint density at radius 1 is 0.875 bits per heavy atom. The first kappa shape index (κ1) is 12.6. The van der Waals surface area contributed by atoms with Gasteiger partial charge < -0.3 is 9.59 Å². The Labute approximate surface area is 96.7 Å². The third-order valence-corrected chi connectivity index (χ3v) is 2.61. The van der Waals surface area contributed by atoms with Gasteiger partial charge >= 0.3 is 0 Å². The maximum absolute atomic E-state index is 10.9. The zero-order valence-corrected chi connectivity index (χ0v) is 9.95. The van der Waals surface area contributed by atoms with E-state index in [1.54, 1.807) is 13.8 Å². The fourth-order valence-electron chi connectivity index (χ4n) is 1.67. The summed E-state index contributed by atoms with van der Waals surface area (Å²) in [5.74, 6) is 0.419. The van der Waals surface area contributed by atoms with Crippen molar-refractivity contribution in [1.82, 2.24) is 0 Å². The van der Waals surface area contributed by atoms with E-state index in [0.717, 1.165) is 12.8 Å². The molecule has 0 aliphatic rings. The van der Waals surface area contributed by atoms with E-state index in [0.29, 0.717) is 12.8 Å². The molecular weight excluding hydrogens is 200 g/mol. The molecule has 0 aliphatic heterocycles. The van der Waals surface area contributed by atoms with Gasteiger partial charge in [0.05, 0.1) is 0 Å². The van der Waals surface area contributed by atoms with E-state index in [2.05, 4.69) is 0 Å². The molecule has 2 nitrogen and oxygen atoms in total. The highest BCUT2D eigenvalue weighted by Gasteiger charge is 2.04. The SMILES string of the molecule is CC(=O)CCc1ccccc1CCC(C)=O. The van der Waals surface area contributed by atoms with Gasteiger partial charge in [-0.05, 0) is 37.8 Å². The monoisotopic (exact) mass is 218 g/mol. The number of hydrogen-bond acceptors (Lipinski definition) is 2. The number of Topliss-reactive ketones (excluding diaryl/α,β-unsaturated/α-hetero) is 2. The molecule has 0 saturated carbocycles. The quantitative estimate of drug-likeness (QED) is 0.735. The highest BCUT2D eigenvalue weighted by Crippen LogP contribution is 2.13. The van der Waals surface area contributed by atoms with Crippen molar-refractivity contribution in [2.75, 3.05) is 0 Å². The molecule has 86 valence electrons. The minimum absolute atomic E-state index is 0.210. The van der Waals surface area contributed by atoms with E-state index in [4.69, 9.17) is 0 Å². The maximum Gasteiger partial charge on any atom is 0.130 e. The zero-order valence-electron chi connectivity index (χ0n) is 9.95. The topological polar surface area (TPSA) is 34.1 Å². The molecule has 0 N–H and O–H groups in total. The Balaban J connectivity index is 2.67. The standard InChI is InChI=1S/C14H18O2/c1-11(15)7-9-13-5-3-4-6-14(13)10-8-12(2)16/h3-6H,7-10H2,1-2H3. The number of benzene rings is 1. The third kappa shape index (κ3) is 4.39. The van der Waals surface area contributed by atoms with Crippen molar-refractivity contribution in [2.24, 2.45) is 0 Å². The van der Waals surface area contributed by atoms with E-state index in [9.17, 15) is 9.59 Å². The summed E-state index contributed by atoms with van der Waals surface area (Å²) in [5.41, 5.74) is 2.39. The maximum atomic E-state index is 10.9. The minimum Gasteiger partial charge on any atom is -0.300 e. The Morgan fingerprint density at radius 2 is 1.25 bits per heavy atom. The summed E-state index contributed by atoms with van der Waals surface area (Å²) in [5, 5.41) is 0.